The lowest BCUT2D eigenvalue weighted by Gasteiger charge is -2.08. The number of rotatable bonds is 31. The zero-order valence-electron chi connectivity index (χ0n) is 22.2. The highest BCUT2D eigenvalue weighted by Crippen LogP contribution is 1.99. The van der Waals surface area contributed by atoms with Crippen LogP contribution < -0.4 is 16.0 Å². The van der Waals surface area contributed by atoms with Crippen LogP contribution in [0.4, 0.5) is 0 Å². The molecule has 0 aliphatic rings. The van der Waals surface area contributed by atoms with Crippen molar-refractivity contribution in [3.63, 3.8) is 0 Å². The summed E-state index contributed by atoms with van der Waals surface area (Å²) < 4.78 is 26.6. The number of carbonyl (C=O) groups is 1. The van der Waals surface area contributed by atoms with E-state index in [1.807, 2.05) is 0 Å². The Labute approximate surface area is 213 Å². The fourth-order valence-corrected chi connectivity index (χ4v) is 3.13. The molecule has 0 heterocycles. The third kappa shape index (κ3) is 33.1. The van der Waals surface area contributed by atoms with Gasteiger partial charge in [-0.15, -0.1) is 0 Å². The predicted octanol–water partition coefficient (Wildman–Crippen LogP) is 1.67. The van der Waals surface area contributed by atoms with E-state index < -0.39 is 5.97 Å². The minimum Gasteiger partial charge on any atom is -0.481 e. The summed E-state index contributed by atoms with van der Waals surface area (Å²) in [5, 5.41) is 18.9. The van der Waals surface area contributed by atoms with E-state index in [0.717, 1.165) is 71.6 Å². The molecule has 0 radical (unpaired) electrons. The van der Waals surface area contributed by atoms with Gasteiger partial charge in [-0.1, -0.05) is 12.8 Å². The van der Waals surface area contributed by atoms with Gasteiger partial charge in [0.2, 0.25) is 0 Å². The van der Waals surface area contributed by atoms with E-state index in [4.69, 9.17) is 28.8 Å². The van der Waals surface area contributed by atoms with Gasteiger partial charge in [-0.3, -0.25) is 4.79 Å². The third-order valence-corrected chi connectivity index (χ3v) is 5.12. The number of unbranched alkanes of at least 4 members (excludes halogenated alkanes) is 4. The first kappa shape index (κ1) is 34.1. The Morgan fingerprint density at radius 2 is 0.914 bits per heavy atom. The normalized spacial score (nSPS) is 11.3. The van der Waals surface area contributed by atoms with Gasteiger partial charge in [0.1, 0.15) is 0 Å². The van der Waals surface area contributed by atoms with Crippen molar-refractivity contribution in [1.82, 2.24) is 16.0 Å². The van der Waals surface area contributed by atoms with Gasteiger partial charge >= 0.3 is 5.97 Å². The predicted molar refractivity (Wildman–Crippen MR) is 138 cm³/mol. The molecule has 10 nitrogen and oxygen atoms in total. The molecule has 0 rings (SSSR count). The number of aliphatic carboxylic acids is 1. The summed E-state index contributed by atoms with van der Waals surface area (Å²) in [5.74, 6) is -0.694. The highest BCUT2D eigenvalue weighted by atomic mass is 16.6. The molecule has 0 saturated carbocycles. The second kappa shape index (κ2) is 31.2. The minimum absolute atomic E-state index is 0.290. The number of carboxylic acids is 1. The Bertz CT molecular complexity index is 421. The van der Waals surface area contributed by atoms with Crippen molar-refractivity contribution < 1.29 is 33.6 Å². The molecule has 35 heavy (non-hydrogen) atoms. The molecule has 0 fully saturated rings. The third-order valence-electron chi connectivity index (χ3n) is 5.12. The van der Waals surface area contributed by atoms with Crippen molar-refractivity contribution in [2.24, 2.45) is 0 Å². The number of hydrogen-bond acceptors (Lipinski definition) is 9. The number of methoxy groups -OCH3 is 1. The summed E-state index contributed by atoms with van der Waals surface area (Å²) in [6.45, 7) is 11.5. The molecular formula is C25H53N3O7. The maximum Gasteiger partial charge on any atom is 0.303 e. The maximum atomic E-state index is 10.4. The van der Waals surface area contributed by atoms with Crippen LogP contribution in [0, 0.1) is 0 Å². The van der Waals surface area contributed by atoms with Gasteiger partial charge < -0.3 is 44.7 Å². The van der Waals surface area contributed by atoms with E-state index in [1.54, 1.807) is 7.11 Å². The SMILES string of the molecule is COCCOCCOCCOCCOCCCNCCNCCCCCNCCCCCC(=O)O. The Balaban J connectivity index is 3.01. The Morgan fingerprint density at radius 1 is 0.514 bits per heavy atom. The summed E-state index contributed by atoms with van der Waals surface area (Å²) in [4.78, 5) is 10.4. The van der Waals surface area contributed by atoms with Crippen molar-refractivity contribution in [2.75, 3.05) is 106 Å². The maximum absolute atomic E-state index is 10.4. The smallest absolute Gasteiger partial charge is 0.303 e. The van der Waals surface area contributed by atoms with Gasteiger partial charge in [0.25, 0.3) is 0 Å². The summed E-state index contributed by atoms with van der Waals surface area (Å²) in [6.07, 6.45) is 7.74. The molecule has 0 aliphatic heterocycles. The average molecular weight is 508 g/mol. The van der Waals surface area contributed by atoms with Crippen molar-refractivity contribution >= 4 is 5.97 Å². The van der Waals surface area contributed by atoms with Crippen molar-refractivity contribution in [2.45, 2.75) is 51.4 Å². The van der Waals surface area contributed by atoms with Gasteiger partial charge in [-0.05, 0) is 58.3 Å². The van der Waals surface area contributed by atoms with Crippen LogP contribution >= 0.6 is 0 Å². The number of nitrogens with one attached hydrogen (secondary N) is 3. The standard InChI is InChI=1S/C25H53N3O7/c1-31-17-18-33-21-22-35-24-23-34-20-19-32-16-8-13-28-15-14-27-12-7-3-6-11-26-10-5-2-4-9-25(29)30/h26-28H,2-24H2,1H3,(H,29,30). The van der Waals surface area contributed by atoms with E-state index in [9.17, 15) is 4.79 Å². The lowest BCUT2D eigenvalue weighted by molar-refractivity contribution is -0.137. The lowest BCUT2D eigenvalue weighted by atomic mass is 10.2. The lowest BCUT2D eigenvalue weighted by Crippen LogP contribution is -2.29. The van der Waals surface area contributed by atoms with E-state index in [-0.39, 0.29) is 0 Å². The van der Waals surface area contributed by atoms with E-state index in [1.165, 1.54) is 19.3 Å². The largest absolute Gasteiger partial charge is 0.481 e. The second-order valence-corrected chi connectivity index (χ2v) is 8.31. The van der Waals surface area contributed by atoms with Crippen LogP contribution in [-0.2, 0) is 28.5 Å². The molecule has 0 aromatic heterocycles. The van der Waals surface area contributed by atoms with Gasteiger partial charge in [-0.2, -0.15) is 0 Å². The second-order valence-electron chi connectivity index (χ2n) is 8.31. The van der Waals surface area contributed by atoms with Gasteiger partial charge in [0.05, 0.1) is 52.9 Å². The van der Waals surface area contributed by atoms with Crippen LogP contribution in [0.2, 0.25) is 0 Å². The zero-order valence-corrected chi connectivity index (χ0v) is 22.2. The Kier molecular flexibility index (Phi) is 30.4. The van der Waals surface area contributed by atoms with Gasteiger partial charge in [-0.25, -0.2) is 0 Å². The minimum atomic E-state index is -0.694. The molecular weight excluding hydrogens is 454 g/mol. The summed E-state index contributed by atoms with van der Waals surface area (Å²) in [5.41, 5.74) is 0. The molecule has 0 saturated heterocycles. The van der Waals surface area contributed by atoms with Crippen LogP contribution in [0.15, 0.2) is 0 Å². The topological polar surface area (TPSA) is 120 Å². The fraction of sp³-hybridized carbons (Fsp3) is 0.960. The van der Waals surface area contributed by atoms with E-state index >= 15 is 0 Å². The highest BCUT2D eigenvalue weighted by molar-refractivity contribution is 5.66. The first-order chi connectivity index (χ1) is 17.3. The molecule has 0 aliphatic carbocycles. The molecule has 4 N–H and O–H groups in total. The van der Waals surface area contributed by atoms with Crippen LogP contribution in [0.25, 0.3) is 0 Å². The van der Waals surface area contributed by atoms with Gasteiger partial charge in [0, 0.05) is 33.2 Å². The van der Waals surface area contributed by atoms with E-state index in [0.29, 0.717) is 59.3 Å². The molecule has 0 amide bonds. The first-order valence-electron chi connectivity index (χ1n) is 13.4. The fourth-order valence-electron chi connectivity index (χ4n) is 3.13. The summed E-state index contributed by atoms with van der Waals surface area (Å²) in [6, 6.07) is 0. The number of hydrogen-bond donors (Lipinski definition) is 4. The molecule has 0 bridgehead atoms. The molecule has 0 aromatic carbocycles. The van der Waals surface area contributed by atoms with Crippen LogP contribution in [-0.4, -0.2) is 117 Å². The van der Waals surface area contributed by atoms with Crippen LogP contribution in [0.5, 0.6) is 0 Å². The van der Waals surface area contributed by atoms with Crippen molar-refractivity contribution in [3.8, 4) is 0 Å². The summed E-state index contributed by atoms with van der Waals surface area (Å²) in [7, 11) is 1.65. The van der Waals surface area contributed by atoms with Crippen molar-refractivity contribution in [1.29, 1.82) is 0 Å². The first-order valence-corrected chi connectivity index (χ1v) is 13.4. The molecule has 210 valence electrons. The molecule has 0 unspecified atom stereocenters. The van der Waals surface area contributed by atoms with Crippen LogP contribution in [0.1, 0.15) is 51.4 Å². The molecule has 0 aromatic rings. The highest BCUT2D eigenvalue weighted by Gasteiger charge is 1.97. The number of ether oxygens (including phenoxy) is 5. The molecule has 0 spiro atoms. The van der Waals surface area contributed by atoms with Crippen molar-refractivity contribution in [3.05, 3.63) is 0 Å². The van der Waals surface area contributed by atoms with Gasteiger partial charge in [0.15, 0.2) is 0 Å². The molecule has 10 heteroatoms. The Hall–Kier alpha value is -0.850. The van der Waals surface area contributed by atoms with E-state index in [2.05, 4.69) is 16.0 Å². The quantitative estimate of drug-likeness (QED) is 0.103. The average Bonchev–Trinajstić information content (AvgIpc) is 2.85. The Morgan fingerprint density at radius 3 is 1.40 bits per heavy atom. The monoisotopic (exact) mass is 507 g/mol. The molecule has 0 atom stereocenters. The number of carboxylic acid groups (broad SMARTS) is 1. The van der Waals surface area contributed by atoms with Crippen LogP contribution in [0.3, 0.4) is 0 Å². The summed E-state index contributed by atoms with van der Waals surface area (Å²) >= 11 is 0. The zero-order chi connectivity index (χ0) is 25.5.